The molecule has 0 N–H and O–H groups in total. The molecule has 3 aromatic rings. The highest BCUT2D eigenvalue weighted by atomic mass is 32.2. The number of fused-ring (bicyclic) bond motifs is 1. The predicted molar refractivity (Wildman–Crippen MR) is 154 cm³/mol. The lowest BCUT2D eigenvalue weighted by atomic mass is 10.2. The van der Waals surface area contributed by atoms with Gasteiger partial charge < -0.3 is 14.5 Å². The number of hydrogen-bond acceptors (Lipinski definition) is 8. The zero-order valence-electron chi connectivity index (χ0n) is 20.7. The number of methoxy groups -OCH3 is 1. The molecule has 1 amide bonds. The fraction of sp³-hybridized carbons (Fsp3) is 0.259. The van der Waals surface area contributed by atoms with E-state index in [-0.39, 0.29) is 11.5 Å². The third-order valence-electron chi connectivity index (χ3n) is 6.54. The quantitative estimate of drug-likeness (QED) is 0.270. The number of carbonyl (C=O) groups is 1. The third kappa shape index (κ3) is 4.74. The van der Waals surface area contributed by atoms with Crippen LogP contribution in [0.3, 0.4) is 0 Å². The molecule has 2 aliphatic rings. The molecule has 0 bridgehead atoms. The summed E-state index contributed by atoms with van der Waals surface area (Å²) in [6.45, 7) is 8.87. The van der Waals surface area contributed by atoms with Crippen molar-refractivity contribution >= 4 is 57.4 Å². The Bertz CT molecular complexity index is 1470. The monoisotopic (exact) mass is 533 g/mol. The average Bonchev–Trinajstić information content (AvgIpc) is 3.18. The van der Waals surface area contributed by atoms with Crippen LogP contribution in [0.15, 0.2) is 64.9 Å². The van der Waals surface area contributed by atoms with Gasteiger partial charge in [0.05, 0.1) is 17.6 Å². The molecule has 2 aliphatic heterocycles. The SMILES string of the molecule is C=CCN1C(=O)/C(=C/c2c(N3CCN(c4ccc(OC)cc4)CC3)nc3c(C)cccn3c2=O)SC1=S. The Labute approximate surface area is 224 Å². The number of thioether (sulfide) groups is 1. The van der Waals surface area contributed by atoms with Gasteiger partial charge in [-0.2, -0.15) is 0 Å². The lowest BCUT2D eigenvalue weighted by molar-refractivity contribution is -0.121. The van der Waals surface area contributed by atoms with E-state index in [1.165, 1.54) is 16.7 Å². The number of amides is 1. The number of carbonyl (C=O) groups excluding carboxylic acids is 1. The summed E-state index contributed by atoms with van der Waals surface area (Å²) in [7, 11) is 1.66. The third-order valence-corrected chi connectivity index (χ3v) is 7.92. The van der Waals surface area contributed by atoms with E-state index in [0.29, 0.717) is 45.9 Å². The number of nitrogens with zero attached hydrogens (tertiary/aromatic N) is 5. The molecule has 2 saturated heterocycles. The molecule has 4 heterocycles. The van der Waals surface area contributed by atoms with Crippen molar-refractivity contribution in [3.05, 3.63) is 81.6 Å². The van der Waals surface area contributed by atoms with Crippen LogP contribution in [0, 0.1) is 6.92 Å². The van der Waals surface area contributed by atoms with E-state index in [2.05, 4.69) is 28.5 Å². The van der Waals surface area contributed by atoms with Crippen LogP contribution in [0.25, 0.3) is 11.7 Å². The van der Waals surface area contributed by atoms with Gasteiger partial charge in [0.2, 0.25) is 0 Å². The molecule has 0 saturated carbocycles. The van der Waals surface area contributed by atoms with Crippen LogP contribution in [-0.4, -0.2) is 64.3 Å². The Balaban J connectivity index is 1.52. The highest BCUT2D eigenvalue weighted by Gasteiger charge is 2.32. The molecule has 2 aromatic heterocycles. The maximum Gasteiger partial charge on any atom is 0.267 e. The molecule has 2 fully saturated rings. The maximum absolute atomic E-state index is 13.7. The molecule has 10 heteroatoms. The number of ether oxygens (including phenoxy) is 1. The first-order valence-electron chi connectivity index (χ1n) is 11.9. The minimum absolute atomic E-state index is 0.213. The van der Waals surface area contributed by atoms with Crippen molar-refractivity contribution < 1.29 is 9.53 Å². The van der Waals surface area contributed by atoms with Gasteiger partial charge in [-0.1, -0.05) is 36.1 Å². The summed E-state index contributed by atoms with van der Waals surface area (Å²) in [6, 6.07) is 11.8. The minimum atomic E-state index is -0.223. The number of anilines is 2. The molecule has 190 valence electrons. The fourth-order valence-electron chi connectivity index (χ4n) is 4.55. The van der Waals surface area contributed by atoms with E-state index in [0.717, 1.165) is 30.1 Å². The first-order chi connectivity index (χ1) is 17.9. The summed E-state index contributed by atoms with van der Waals surface area (Å²) >= 11 is 6.59. The van der Waals surface area contributed by atoms with Crippen LogP contribution in [0.5, 0.6) is 5.75 Å². The largest absolute Gasteiger partial charge is 0.497 e. The van der Waals surface area contributed by atoms with Crippen molar-refractivity contribution in [1.82, 2.24) is 14.3 Å². The molecular formula is C27H27N5O3S2. The molecule has 0 atom stereocenters. The Morgan fingerprint density at radius 3 is 2.49 bits per heavy atom. The summed E-state index contributed by atoms with van der Waals surface area (Å²) in [5, 5.41) is 0. The first-order valence-corrected chi connectivity index (χ1v) is 13.2. The summed E-state index contributed by atoms with van der Waals surface area (Å²) in [5.41, 5.74) is 2.81. The Morgan fingerprint density at radius 1 is 1.11 bits per heavy atom. The van der Waals surface area contributed by atoms with Crippen LogP contribution in [0.2, 0.25) is 0 Å². The highest BCUT2D eigenvalue weighted by molar-refractivity contribution is 8.26. The molecule has 0 aliphatic carbocycles. The van der Waals surface area contributed by atoms with Gasteiger partial charge in [-0.05, 0) is 48.9 Å². The van der Waals surface area contributed by atoms with Crippen molar-refractivity contribution in [2.75, 3.05) is 49.6 Å². The molecule has 0 radical (unpaired) electrons. The van der Waals surface area contributed by atoms with Gasteiger partial charge in [0.1, 0.15) is 21.5 Å². The molecule has 1 aromatic carbocycles. The zero-order chi connectivity index (χ0) is 26.1. The lowest BCUT2D eigenvalue weighted by Crippen LogP contribution is -2.47. The highest BCUT2D eigenvalue weighted by Crippen LogP contribution is 2.34. The van der Waals surface area contributed by atoms with Gasteiger partial charge in [0.25, 0.3) is 11.5 Å². The molecule has 0 unspecified atom stereocenters. The van der Waals surface area contributed by atoms with E-state index >= 15 is 0 Å². The number of thiocarbonyl (C=S) groups is 1. The van der Waals surface area contributed by atoms with Crippen molar-refractivity contribution in [1.29, 1.82) is 0 Å². The second kappa shape index (κ2) is 10.4. The summed E-state index contributed by atoms with van der Waals surface area (Å²) < 4.78 is 7.27. The predicted octanol–water partition coefficient (Wildman–Crippen LogP) is 3.73. The fourth-order valence-corrected chi connectivity index (χ4v) is 5.81. The number of aromatic nitrogens is 2. The normalized spacial score (nSPS) is 17.2. The van der Waals surface area contributed by atoms with E-state index in [9.17, 15) is 9.59 Å². The van der Waals surface area contributed by atoms with E-state index in [4.69, 9.17) is 21.9 Å². The van der Waals surface area contributed by atoms with E-state index in [1.807, 2.05) is 31.2 Å². The van der Waals surface area contributed by atoms with Gasteiger partial charge in [0.15, 0.2) is 0 Å². The van der Waals surface area contributed by atoms with Gasteiger partial charge in [0, 0.05) is 44.6 Å². The van der Waals surface area contributed by atoms with Crippen LogP contribution < -0.4 is 20.1 Å². The average molecular weight is 534 g/mol. The van der Waals surface area contributed by atoms with E-state index in [1.54, 1.807) is 29.9 Å². The smallest absolute Gasteiger partial charge is 0.267 e. The molecule has 37 heavy (non-hydrogen) atoms. The maximum atomic E-state index is 13.7. The van der Waals surface area contributed by atoms with Gasteiger partial charge in [-0.15, -0.1) is 6.58 Å². The lowest BCUT2D eigenvalue weighted by Gasteiger charge is -2.37. The zero-order valence-corrected chi connectivity index (χ0v) is 22.3. The number of piperazine rings is 1. The second-order valence-electron chi connectivity index (χ2n) is 8.79. The topological polar surface area (TPSA) is 70.4 Å². The second-order valence-corrected chi connectivity index (χ2v) is 10.5. The van der Waals surface area contributed by atoms with Crippen molar-refractivity contribution in [2.24, 2.45) is 0 Å². The summed E-state index contributed by atoms with van der Waals surface area (Å²) in [6.07, 6.45) is 5.00. The Kier molecular flexibility index (Phi) is 7.03. The number of aryl methyl sites for hydroxylation is 1. The van der Waals surface area contributed by atoms with E-state index < -0.39 is 0 Å². The molecule has 0 spiro atoms. The number of pyridine rings is 1. The van der Waals surface area contributed by atoms with Gasteiger partial charge >= 0.3 is 0 Å². The number of benzene rings is 1. The Hall–Kier alpha value is -3.63. The molecular weight excluding hydrogens is 506 g/mol. The van der Waals surface area contributed by atoms with Crippen LogP contribution in [0.1, 0.15) is 11.1 Å². The van der Waals surface area contributed by atoms with Crippen molar-refractivity contribution in [2.45, 2.75) is 6.92 Å². The molecule has 8 nitrogen and oxygen atoms in total. The summed E-state index contributed by atoms with van der Waals surface area (Å²) in [5.74, 6) is 1.18. The van der Waals surface area contributed by atoms with Crippen LogP contribution in [-0.2, 0) is 4.79 Å². The van der Waals surface area contributed by atoms with Gasteiger partial charge in [-0.3, -0.25) is 18.9 Å². The Morgan fingerprint density at radius 2 is 1.81 bits per heavy atom. The molecule has 5 rings (SSSR count). The number of hydrogen-bond donors (Lipinski definition) is 0. The van der Waals surface area contributed by atoms with Crippen molar-refractivity contribution in [3.8, 4) is 5.75 Å². The van der Waals surface area contributed by atoms with Crippen LogP contribution >= 0.6 is 24.0 Å². The summed E-state index contributed by atoms with van der Waals surface area (Å²) in [4.78, 5) is 38.0. The minimum Gasteiger partial charge on any atom is -0.497 e. The first kappa shape index (κ1) is 25.0. The van der Waals surface area contributed by atoms with Gasteiger partial charge in [-0.25, -0.2) is 4.98 Å². The number of rotatable bonds is 6. The van der Waals surface area contributed by atoms with Crippen molar-refractivity contribution in [3.63, 3.8) is 0 Å². The standard InChI is InChI=1S/C27H27N5O3S2/c1-4-11-32-26(34)22(37-27(32)36)17-21-24(28-23-18(2)6-5-12-31(23)25(21)33)30-15-13-29(14-16-30)19-7-9-20(35-3)10-8-19/h4-10,12,17H,1,11,13-16H2,2-3H3/b22-17-. The van der Waals surface area contributed by atoms with Crippen LogP contribution in [0.4, 0.5) is 11.5 Å².